The van der Waals surface area contributed by atoms with E-state index in [-0.39, 0.29) is 52.0 Å². The van der Waals surface area contributed by atoms with E-state index in [0.29, 0.717) is 50.7 Å². The first kappa shape index (κ1) is 44.6. The van der Waals surface area contributed by atoms with Crippen molar-refractivity contribution in [2.24, 2.45) is 9.98 Å². The van der Waals surface area contributed by atoms with Crippen LogP contribution in [-0.2, 0) is 23.4 Å². The van der Waals surface area contributed by atoms with Gasteiger partial charge in [0.05, 0.1) is 51.6 Å². The van der Waals surface area contributed by atoms with Crippen LogP contribution in [0.1, 0.15) is 48.5 Å². The Kier molecular flexibility index (Phi) is 14.2. The number of aromatic nitrogens is 4. The number of carboxylic acid groups (broad SMARTS) is 2. The van der Waals surface area contributed by atoms with Crippen molar-refractivity contribution >= 4 is 35.7 Å². The number of benzene rings is 6. The summed E-state index contributed by atoms with van der Waals surface area (Å²) in [7, 11) is 0. The third kappa shape index (κ3) is 9.84. The number of nitrogens with zero attached hydrogens (tertiary/aromatic N) is 6. The number of aromatic hydroxyl groups is 2. The van der Waals surface area contributed by atoms with Crippen LogP contribution in [-0.4, -0.2) is 69.5 Å². The summed E-state index contributed by atoms with van der Waals surface area (Å²) in [5.74, 6) is -2.32. The van der Waals surface area contributed by atoms with Crippen LogP contribution >= 0.6 is 0 Å². The van der Waals surface area contributed by atoms with Crippen molar-refractivity contribution in [1.82, 2.24) is 19.6 Å². The summed E-state index contributed by atoms with van der Waals surface area (Å²) in [6.45, 7) is 3.35. The molecule has 8 rings (SSSR count). The second-order valence-corrected chi connectivity index (χ2v) is 14.0. The van der Waals surface area contributed by atoms with E-state index in [1.807, 2.05) is 91.0 Å². The summed E-state index contributed by atoms with van der Waals surface area (Å²) < 4.78 is 2.83. The minimum Gasteiger partial charge on any atom is -0.493 e. The normalized spacial score (nSPS) is 11.0. The van der Waals surface area contributed by atoms with Crippen LogP contribution in [0.4, 0.5) is 11.4 Å². The van der Waals surface area contributed by atoms with Crippen LogP contribution in [0.2, 0.25) is 0 Å². The van der Waals surface area contributed by atoms with Crippen molar-refractivity contribution in [3.05, 3.63) is 191 Å². The van der Waals surface area contributed by atoms with E-state index in [1.54, 1.807) is 74.5 Å². The molecule has 0 saturated heterocycles. The molecule has 2 aromatic heterocycles. The fraction of sp³-hybridized carbons (Fsp3) is 0.0612. The Morgan fingerprint density at radius 1 is 0.540 bits per heavy atom. The van der Waals surface area contributed by atoms with Gasteiger partial charge in [-0.15, -0.1) is 0 Å². The van der Waals surface area contributed by atoms with Gasteiger partial charge in [-0.25, -0.2) is 19.0 Å². The molecule has 0 atom stereocenters. The number of aliphatic hydroxyl groups is 1. The monoisotopic (exact) mass is 883 g/mol. The molecule has 8 aromatic rings. The van der Waals surface area contributed by atoms with Gasteiger partial charge < -0.3 is 25.5 Å². The Hall–Kier alpha value is -7.91. The number of aryl methyl sites for hydroxylation is 2. The smallest absolute Gasteiger partial charge is 0.338 e. The number of hydrogen-bond donors (Lipinski definition) is 5. The molecule has 13 nitrogen and oxygen atoms in total. The maximum absolute atomic E-state index is 11.7. The van der Waals surface area contributed by atoms with E-state index in [4.69, 9.17) is 0 Å². The average Bonchev–Trinajstić information content (AvgIpc) is 3.80. The van der Waals surface area contributed by atoms with Crippen LogP contribution in [0.15, 0.2) is 162 Å². The van der Waals surface area contributed by atoms with Crippen molar-refractivity contribution in [3.63, 3.8) is 0 Å². The minimum atomic E-state index is -1.07. The van der Waals surface area contributed by atoms with Gasteiger partial charge in [0.2, 0.25) is 11.8 Å². The van der Waals surface area contributed by atoms with Crippen molar-refractivity contribution in [3.8, 4) is 45.6 Å². The maximum atomic E-state index is 11.7. The molecule has 63 heavy (non-hydrogen) atoms. The number of hydrogen-bond acceptors (Lipinski definition) is 9. The van der Waals surface area contributed by atoms with E-state index >= 15 is 0 Å². The maximum Gasteiger partial charge on any atom is 0.338 e. The van der Waals surface area contributed by atoms with Crippen LogP contribution < -0.4 is 0 Å². The molecule has 0 aliphatic rings. The molecule has 1 radical (unpaired) electrons. The quantitative estimate of drug-likeness (QED) is 0.0786. The molecule has 0 bridgehead atoms. The first-order valence-electron chi connectivity index (χ1n) is 19.3. The molecule has 5 N–H and O–H groups in total. The van der Waals surface area contributed by atoms with Gasteiger partial charge in [0.25, 0.3) is 0 Å². The fourth-order valence-corrected chi connectivity index (χ4v) is 6.71. The molecule has 0 unspecified atom stereocenters. The summed E-state index contributed by atoms with van der Waals surface area (Å²) >= 11 is 0. The fourth-order valence-electron chi connectivity index (χ4n) is 6.71. The number of carbonyl (C=O) groups is 2. The Morgan fingerprint density at radius 3 is 1.30 bits per heavy atom. The zero-order chi connectivity index (χ0) is 43.8. The number of rotatable bonds is 11. The Bertz CT molecular complexity index is 2930. The Balaban J connectivity index is 0.000000207. The van der Waals surface area contributed by atoms with Crippen molar-refractivity contribution in [1.29, 1.82) is 0 Å². The van der Waals surface area contributed by atoms with E-state index in [2.05, 4.69) is 20.2 Å². The summed E-state index contributed by atoms with van der Waals surface area (Å²) in [6, 6.07) is 45.3. The molecule has 317 valence electrons. The van der Waals surface area contributed by atoms with Gasteiger partial charge in [0.1, 0.15) is 11.4 Å². The molecule has 6 aromatic carbocycles. The second-order valence-electron chi connectivity index (χ2n) is 14.0. The molecule has 0 fully saturated rings. The second kappa shape index (κ2) is 20.1. The van der Waals surface area contributed by atoms with E-state index < -0.39 is 11.9 Å². The molecule has 2 heterocycles. The van der Waals surface area contributed by atoms with E-state index in [0.717, 1.165) is 16.7 Å². The molecular formula is C49H40CoN6O7. The van der Waals surface area contributed by atoms with Crippen molar-refractivity contribution in [2.45, 2.75) is 20.5 Å². The number of carboxylic acids is 2. The Morgan fingerprint density at radius 2 is 0.921 bits per heavy atom. The number of aliphatic imine (C=N–C) groups is 2. The third-order valence-corrected chi connectivity index (χ3v) is 9.85. The molecule has 0 aliphatic heterocycles. The standard InChI is InChI=1S/C25H21N3O4.C24H19N3O3.Co/c1-16-6-5-9-21(22(16)25(31)32)26-14-20-23(18-7-3-2-4-8-18)27-28(24(20)30)19-12-10-17(15-29)11-13-19;1-16-9-8-14-20(21(16)24(29)30)25-15-19-22(17-10-4-2-5-11-17)26-27(23(19)28)18-12-6-3-7-13-18;/h2-14,29-30H,15H2,1H3,(H,31,32);2-15,28H,1H3,(H,29,30);. The molecular weight excluding hydrogens is 844 g/mol. The van der Waals surface area contributed by atoms with Crippen LogP contribution in [0, 0.1) is 13.8 Å². The molecule has 0 aliphatic carbocycles. The minimum absolute atomic E-state index is 0. The number of aliphatic hydroxyl groups excluding tert-OH is 1. The first-order valence-corrected chi connectivity index (χ1v) is 19.3. The largest absolute Gasteiger partial charge is 0.493 e. The van der Waals surface area contributed by atoms with Gasteiger partial charge in [-0.05, 0) is 66.9 Å². The van der Waals surface area contributed by atoms with Gasteiger partial charge >= 0.3 is 11.9 Å². The van der Waals surface area contributed by atoms with Crippen molar-refractivity contribution < 1.29 is 51.9 Å². The average molecular weight is 884 g/mol. The SMILES string of the molecule is Cc1cccc(N=Cc2c(-c3ccccc3)nn(-c3ccc(CO)cc3)c2O)c1C(=O)O.Cc1cccc(N=Cc2c(-c3ccccc3)nn(-c3ccccc3)c2O)c1C(=O)O.[Co]. The van der Waals surface area contributed by atoms with Crippen LogP contribution in [0.5, 0.6) is 11.8 Å². The summed E-state index contributed by atoms with van der Waals surface area (Å²) in [4.78, 5) is 32.1. The summed E-state index contributed by atoms with van der Waals surface area (Å²) in [5, 5.41) is 59.5. The Labute approximate surface area is 372 Å². The molecule has 0 spiro atoms. The third-order valence-electron chi connectivity index (χ3n) is 9.85. The molecule has 0 amide bonds. The molecule has 0 saturated carbocycles. The van der Waals surface area contributed by atoms with Gasteiger partial charge in [-0.3, -0.25) is 9.98 Å². The van der Waals surface area contributed by atoms with Gasteiger partial charge in [0, 0.05) is 40.3 Å². The van der Waals surface area contributed by atoms with Crippen LogP contribution in [0.3, 0.4) is 0 Å². The van der Waals surface area contributed by atoms with Crippen molar-refractivity contribution in [2.75, 3.05) is 0 Å². The first-order chi connectivity index (χ1) is 30.0. The topological polar surface area (TPSA) is 196 Å². The number of aromatic carboxylic acids is 2. The number of para-hydroxylation sites is 1. The van der Waals surface area contributed by atoms with E-state index in [1.165, 1.54) is 21.8 Å². The summed E-state index contributed by atoms with van der Waals surface area (Å²) in [6.07, 6.45) is 2.90. The van der Waals surface area contributed by atoms with E-state index in [9.17, 15) is 35.1 Å². The van der Waals surface area contributed by atoms with Crippen LogP contribution in [0.25, 0.3) is 33.9 Å². The zero-order valence-corrected chi connectivity index (χ0v) is 34.9. The predicted octanol–water partition coefficient (Wildman–Crippen LogP) is 9.49. The zero-order valence-electron chi connectivity index (χ0n) is 33.9. The van der Waals surface area contributed by atoms with Gasteiger partial charge in [0.15, 0.2) is 0 Å². The van der Waals surface area contributed by atoms with Gasteiger partial charge in [-0.1, -0.05) is 115 Å². The molecule has 14 heteroatoms. The van der Waals surface area contributed by atoms with Gasteiger partial charge in [-0.2, -0.15) is 10.2 Å². The summed E-state index contributed by atoms with van der Waals surface area (Å²) in [5.41, 5.74) is 7.51. The predicted molar refractivity (Wildman–Crippen MR) is 238 cm³/mol.